The maximum Gasteiger partial charge on any atom is 0.400 e. The third-order valence-electron chi connectivity index (χ3n) is 4.23. The summed E-state index contributed by atoms with van der Waals surface area (Å²) in [4.78, 5) is 11.6. The fourth-order valence-corrected chi connectivity index (χ4v) is 3.89. The minimum absolute atomic E-state index is 0.133. The maximum absolute atomic E-state index is 13.2. The van der Waals surface area contributed by atoms with Gasteiger partial charge in [0.1, 0.15) is 11.5 Å². The minimum Gasteiger partial charge on any atom is -0.298 e. The predicted molar refractivity (Wildman–Crippen MR) is 101 cm³/mol. The number of thioether (sulfide) groups is 1. The number of aryl methyl sites for hydroxylation is 1. The zero-order valence-corrected chi connectivity index (χ0v) is 15.4. The van der Waals surface area contributed by atoms with Gasteiger partial charge in [-0.05, 0) is 37.0 Å². The van der Waals surface area contributed by atoms with Crippen molar-refractivity contribution in [1.29, 1.82) is 0 Å². The van der Waals surface area contributed by atoms with Crippen LogP contribution in [0, 0.1) is 0 Å². The standard InChI is InChI=1S/C21H23F3OS/c22-21(23,24)20(26-19-13-5-3-6-14-19)15-7-2-1-4-10-17-11-8-9-12-18(17)16-25/h3,5-6,8-9,11-14,16,20H,1-2,4,7,10,15H2. The van der Waals surface area contributed by atoms with Crippen LogP contribution in [0.1, 0.15) is 48.0 Å². The van der Waals surface area contributed by atoms with Crippen molar-refractivity contribution in [3.63, 3.8) is 0 Å². The van der Waals surface area contributed by atoms with E-state index < -0.39 is 11.4 Å². The molecule has 0 aromatic heterocycles. The van der Waals surface area contributed by atoms with Crippen LogP contribution in [0.3, 0.4) is 0 Å². The molecule has 0 amide bonds. The van der Waals surface area contributed by atoms with Crippen LogP contribution >= 0.6 is 11.8 Å². The van der Waals surface area contributed by atoms with E-state index in [2.05, 4.69) is 0 Å². The average Bonchev–Trinajstić information content (AvgIpc) is 2.63. The first-order valence-corrected chi connectivity index (χ1v) is 9.70. The molecule has 1 nitrogen and oxygen atoms in total. The third-order valence-corrected chi connectivity index (χ3v) is 5.56. The summed E-state index contributed by atoms with van der Waals surface area (Å²) in [5.41, 5.74) is 1.71. The first-order chi connectivity index (χ1) is 12.5. The summed E-state index contributed by atoms with van der Waals surface area (Å²) < 4.78 is 39.7. The summed E-state index contributed by atoms with van der Waals surface area (Å²) in [7, 11) is 0. The Balaban J connectivity index is 1.73. The fourth-order valence-electron chi connectivity index (χ4n) is 2.83. The predicted octanol–water partition coefficient (Wildman–Crippen LogP) is 6.72. The van der Waals surface area contributed by atoms with E-state index in [0.29, 0.717) is 16.9 Å². The number of aldehydes is 1. The van der Waals surface area contributed by atoms with E-state index in [-0.39, 0.29) is 6.42 Å². The van der Waals surface area contributed by atoms with Crippen LogP contribution < -0.4 is 0 Å². The molecule has 0 aliphatic heterocycles. The number of rotatable bonds is 10. The third kappa shape index (κ3) is 6.87. The number of hydrogen-bond acceptors (Lipinski definition) is 2. The van der Waals surface area contributed by atoms with Gasteiger partial charge in [-0.1, -0.05) is 61.7 Å². The average molecular weight is 380 g/mol. The molecule has 0 saturated heterocycles. The Morgan fingerprint density at radius 1 is 0.885 bits per heavy atom. The van der Waals surface area contributed by atoms with E-state index in [9.17, 15) is 18.0 Å². The van der Waals surface area contributed by atoms with E-state index in [1.54, 1.807) is 36.4 Å². The highest BCUT2D eigenvalue weighted by molar-refractivity contribution is 8.00. The molecule has 0 N–H and O–H groups in total. The Bertz CT molecular complexity index is 670. The lowest BCUT2D eigenvalue weighted by Gasteiger charge is -2.19. The molecule has 2 rings (SSSR count). The highest BCUT2D eigenvalue weighted by Gasteiger charge is 2.39. The van der Waals surface area contributed by atoms with Crippen molar-refractivity contribution in [3.8, 4) is 0 Å². The second kappa shape index (κ2) is 10.4. The first kappa shape index (κ1) is 20.6. The Morgan fingerprint density at radius 2 is 1.54 bits per heavy atom. The number of carbonyl (C=O) groups is 1. The highest BCUT2D eigenvalue weighted by Crippen LogP contribution is 2.38. The number of carbonyl (C=O) groups excluding carboxylic acids is 1. The molecular formula is C21H23F3OS. The zero-order chi connectivity index (χ0) is 18.8. The van der Waals surface area contributed by atoms with Crippen molar-refractivity contribution >= 4 is 18.0 Å². The number of alkyl halides is 3. The van der Waals surface area contributed by atoms with Gasteiger partial charge in [-0.3, -0.25) is 4.79 Å². The van der Waals surface area contributed by atoms with Gasteiger partial charge in [0.15, 0.2) is 0 Å². The van der Waals surface area contributed by atoms with Gasteiger partial charge in [-0.25, -0.2) is 0 Å². The van der Waals surface area contributed by atoms with Crippen molar-refractivity contribution in [2.45, 2.75) is 54.8 Å². The Hall–Kier alpha value is -1.75. The van der Waals surface area contributed by atoms with Crippen molar-refractivity contribution in [3.05, 3.63) is 65.7 Å². The maximum atomic E-state index is 13.2. The van der Waals surface area contributed by atoms with Crippen LogP contribution in [0.15, 0.2) is 59.5 Å². The lowest BCUT2D eigenvalue weighted by Crippen LogP contribution is -2.25. The second-order valence-corrected chi connectivity index (χ2v) is 7.51. The summed E-state index contributed by atoms with van der Waals surface area (Å²) in [6.07, 6.45) is 0.656. The summed E-state index contributed by atoms with van der Waals surface area (Å²) in [6, 6.07) is 16.2. The van der Waals surface area contributed by atoms with Gasteiger partial charge in [0, 0.05) is 10.5 Å². The number of hydrogen-bond donors (Lipinski definition) is 0. The number of benzene rings is 2. The number of unbranched alkanes of at least 4 members (excludes halogenated alkanes) is 3. The quantitative estimate of drug-likeness (QED) is 0.259. The largest absolute Gasteiger partial charge is 0.400 e. The molecule has 2 aromatic carbocycles. The summed E-state index contributed by atoms with van der Waals surface area (Å²) in [5.74, 6) is 0. The van der Waals surface area contributed by atoms with Crippen LogP contribution in [-0.2, 0) is 6.42 Å². The smallest absolute Gasteiger partial charge is 0.298 e. The Kier molecular flexibility index (Phi) is 8.23. The van der Waals surface area contributed by atoms with Gasteiger partial charge in [0.25, 0.3) is 0 Å². The van der Waals surface area contributed by atoms with E-state index in [4.69, 9.17) is 0 Å². The van der Waals surface area contributed by atoms with Crippen LogP contribution in [0.25, 0.3) is 0 Å². The Morgan fingerprint density at radius 3 is 2.23 bits per heavy atom. The van der Waals surface area contributed by atoms with E-state index >= 15 is 0 Å². The molecule has 0 heterocycles. The molecular weight excluding hydrogens is 357 g/mol. The topological polar surface area (TPSA) is 17.1 Å². The highest BCUT2D eigenvalue weighted by atomic mass is 32.2. The fraction of sp³-hybridized carbons (Fsp3) is 0.381. The van der Waals surface area contributed by atoms with Crippen molar-refractivity contribution in [2.75, 3.05) is 0 Å². The zero-order valence-electron chi connectivity index (χ0n) is 14.5. The van der Waals surface area contributed by atoms with Gasteiger partial charge in [0.05, 0.1) is 0 Å². The number of halogens is 3. The normalized spacial score (nSPS) is 12.7. The molecule has 0 spiro atoms. The monoisotopic (exact) mass is 380 g/mol. The second-order valence-electron chi connectivity index (χ2n) is 6.23. The lowest BCUT2D eigenvalue weighted by molar-refractivity contribution is -0.129. The van der Waals surface area contributed by atoms with E-state index in [1.165, 1.54) is 0 Å². The SMILES string of the molecule is O=Cc1ccccc1CCCCCCC(Sc1ccccc1)C(F)(F)F. The molecule has 0 fully saturated rings. The molecule has 0 bridgehead atoms. The lowest BCUT2D eigenvalue weighted by atomic mass is 10.0. The first-order valence-electron chi connectivity index (χ1n) is 8.82. The van der Waals surface area contributed by atoms with Crippen molar-refractivity contribution in [1.82, 2.24) is 0 Å². The van der Waals surface area contributed by atoms with Crippen LogP contribution in [-0.4, -0.2) is 17.7 Å². The van der Waals surface area contributed by atoms with Gasteiger partial charge in [-0.15, -0.1) is 11.8 Å². The summed E-state index contributed by atoms with van der Waals surface area (Å²) in [5, 5.41) is -1.36. The van der Waals surface area contributed by atoms with Crippen molar-refractivity contribution < 1.29 is 18.0 Å². The molecule has 0 aliphatic carbocycles. The van der Waals surface area contributed by atoms with Gasteiger partial charge in [-0.2, -0.15) is 13.2 Å². The van der Waals surface area contributed by atoms with Crippen LogP contribution in [0.5, 0.6) is 0 Å². The molecule has 26 heavy (non-hydrogen) atoms. The van der Waals surface area contributed by atoms with Crippen LogP contribution in [0.4, 0.5) is 13.2 Å². The molecule has 0 saturated carbocycles. The van der Waals surface area contributed by atoms with Gasteiger partial charge < -0.3 is 0 Å². The summed E-state index contributed by atoms with van der Waals surface area (Å²) in [6.45, 7) is 0. The molecule has 1 unspecified atom stereocenters. The molecule has 0 aliphatic rings. The minimum atomic E-state index is -4.19. The molecule has 2 aromatic rings. The Labute approximate surface area is 157 Å². The molecule has 5 heteroatoms. The van der Waals surface area contributed by atoms with Crippen molar-refractivity contribution in [2.24, 2.45) is 0 Å². The van der Waals surface area contributed by atoms with E-state index in [1.807, 2.05) is 18.2 Å². The molecule has 0 radical (unpaired) electrons. The molecule has 140 valence electrons. The van der Waals surface area contributed by atoms with Gasteiger partial charge >= 0.3 is 6.18 Å². The van der Waals surface area contributed by atoms with Gasteiger partial charge in [0.2, 0.25) is 0 Å². The summed E-state index contributed by atoms with van der Waals surface area (Å²) >= 11 is 0.897. The van der Waals surface area contributed by atoms with Crippen LogP contribution in [0.2, 0.25) is 0 Å². The molecule has 1 atom stereocenters. The van der Waals surface area contributed by atoms with E-state index in [0.717, 1.165) is 49.3 Å².